The van der Waals surface area contributed by atoms with E-state index in [1.807, 2.05) is 6.92 Å². The lowest BCUT2D eigenvalue weighted by Gasteiger charge is -2.31. The second-order valence-electron chi connectivity index (χ2n) is 5.67. The number of H-pyrrole nitrogens is 1. The van der Waals surface area contributed by atoms with Crippen molar-refractivity contribution in [3.05, 3.63) is 31.6 Å². The van der Waals surface area contributed by atoms with Crippen molar-refractivity contribution in [3.63, 3.8) is 0 Å². The van der Waals surface area contributed by atoms with Gasteiger partial charge in [-0.15, -0.1) is 0 Å². The molecule has 0 bridgehead atoms. The molecule has 2 atom stereocenters. The first-order valence-electron chi connectivity index (χ1n) is 7.63. The number of hydrogen-bond acceptors (Lipinski definition) is 2. The van der Waals surface area contributed by atoms with Crippen LogP contribution in [0.3, 0.4) is 0 Å². The molecule has 1 N–H and O–H groups in total. The van der Waals surface area contributed by atoms with E-state index in [1.54, 1.807) is 0 Å². The Bertz CT molecular complexity index is 576. The average molecular weight is 299 g/mol. The lowest BCUT2D eigenvalue weighted by Crippen LogP contribution is -2.43. The van der Waals surface area contributed by atoms with Crippen LogP contribution < -0.4 is 11.2 Å². The van der Waals surface area contributed by atoms with E-state index < -0.39 is 0 Å². The molecule has 1 heterocycles. The van der Waals surface area contributed by atoms with Crippen LogP contribution in [-0.2, 0) is 6.42 Å². The Hall–Kier alpha value is -1.03. The summed E-state index contributed by atoms with van der Waals surface area (Å²) in [7, 11) is 0. The molecular formula is C15H23ClN2O2. The molecule has 0 aliphatic heterocycles. The number of halogens is 1. The summed E-state index contributed by atoms with van der Waals surface area (Å²) < 4.78 is 1.43. The van der Waals surface area contributed by atoms with Crippen molar-refractivity contribution in [1.29, 1.82) is 0 Å². The first kappa shape index (κ1) is 15.4. The normalized spacial score (nSPS) is 22.9. The number of nitrogens with one attached hydrogen (secondary N) is 1. The van der Waals surface area contributed by atoms with E-state index >= 15 is 0 Å². The van der Waals surface area contributed by atoms with Crippen LogP contribution in [0.25, 0.3) is 0 Å². The third kappa shape index (κ3) is 2.85. The van der Waals surface area contributed by atoms with Gasteiger partial charge in [0.1, 0.15) is 5.15 Å². The van der Waals surface area contributed by atoms with E-state index in [0.29, 0.717) is 17.9 Å². The van der Waals surface area contributed by atoms with Gasteiger partial charge in [0.2, 0.25) is 0 Å². The number of aromatic nitrogens is 2. The molecule has 2 rings (SSSR count). The number of hydrogen-bond donors (Lipinski definition) is 1. The largest absolute Gasteiger partial charge is 0.329 e. The Morgan fingerprint density at radius 1 is 1.25 bits per heavy atom. The molecule has 1 aliphatic carbocycles. The molecule has 1 aliphatic rings. The van der Waals surface area contributed by atoms with Gasteiger partial charge in [0.05, 0.1) is 5.56 Å². The Balaban J connectivity index is 2.52. The molecule has 4 nitrogen and oxygen atoms in total. The molecule has 1 saturated carbocycles. The van der Waals surface area contributed by atoms with Crippen molar-refractivity contribution in [1.82, 2.24) is 9.55 Å². The van der Waals surface area contributed by atoms with Crippen LogP contribution in [0.2, 0.25) is 5.15 Å². The zero-order valence-corrected chi connectivity index (χ0v) is 13.0. The summed E-state index contributed by atoms with van der Waals surface area (Å²) in [4.78, 5) is 27.5. The third-order valence-electron chi connectivity index (χ3n) is 4.40. The van der Waals surface area contributed by atoms with E-state index in [-0.39, 0.29) is 22.4 Å². The van der Waals surface area contributed by atoms with E-state index in [1.165, 1.54) is 11.0 Å². The van der Waals surface area contributed by atoms with Gasteiger partial charge in [-0.05, 0) is 25.2 Å². The van der Waals surface area contributed by atoms with E-state index in [2.05, 4.69) is 11.9 Å². The van der Waals surface area contributed by atoms with Crippen LogP contribution in [0.1, 0.15) is 64.0 Å². The molecule has 1 aromatic heterocycles. The van der Waals surface area contributed by atoms with Crippen LogP contribution in [0.15, 0.2) is 9.59 Å². The van der Waals surface area contributed by atoms with Gasteiger partial charge in [-0.3, -0.25) is 14.3 Å². The smallest absolute Gasteiger partial charge is 0.297 e. The minimum atomic E-state index is -0.356. The van der Waals surface area contributed by atoms with E-state index in [0.717, 1.165) is 32.1 Å². The quantitative estimate of drug-likeness (QED) is 0.867. The van der Waals surface area contributed by atoms with Crippen molar-refractivity contribution in [2.45, 2.75) is 64.8 Å². The monoisotopic (exact) mass is 298 g/mol. The van der Waals surface area contributed by atoms with Gasteiger partial charge in [0.25, 0.3) is 5.56 Å². The van der Waals surface area contributed by atoms with Gasteiger partial charge >= 0.3 is 5.69 Å². The summed E-state index contributed by atoms with van der Waals surface area (Å²) in [5, 5.41) is 0.210. The lowest BCUT2D eigenvalue weighted by molar-refractivity contribution is 0.221. The number of nitrogens with zero attached hydrogens (tertiary/aromatic N) is 1. The maximum atomic E-state index is 12.6. The van der Waals surface area contributed by atoms with Crippen molar-refractivity contribution in [2.75, 3.05) is 0 Å². The zero-order valence-electron chi connectivity index (χ0n) is 12.2. The summed E-state index contributed by atoms with van der Waals surface area (Å²) in [6, 6.07) is 0.0258. The van der Waals surface area contributed by atoms with Crippen molar-refractivity contribution in [2.24, 2.45) is 5.92 Å². The van der Waals surface area contributed by atoms with Gasteiger partial charge in [0, 0.05) is 6.04 Å². The highest BCUT2D eigenvalue weighted by Crippen LogP contribution is 2.34. The summed E-state index contributed by atoms with van der Waals surface area (Å²) >= 11 is 6.03. The third-order valence-corrected chi connectivity index (χ3v) is 4.72. The minimum Gasteiger partial charge on any atom is -0.297 e. The summed E-state index contributed by atoms with van der Waals surface area (Å²) in [6.45, 7) is 4.13. The zero-order chi connectivity index (χ0) is 14.7. The Morgan fingerprint density at radius 3 is 2.60 bits per heavy atom. The topological polar surface area (TPSA) is 54.9 Å². The van der Waals surface area contributed by atoms with Gasteiger partial charge in [-0.2, -0.15) is 0 Å². The van der Waals surface area contributed by atoms with Crippen molar-refractivity contribution < 1.29 is 0 Å². The molecule has 1 fully saturated rings. The number of rotatable bonds is 4. The van der Waals surface area contributed by atoms with Crippen molar-refractivity contribution >= 4 is 11.6 Å². The molecule has 0 spiro atoms. The highest BCUT2D eigenvalue weighted by Gasteiger charge is 2.28. The fourth-order valence-corrected chi connectivity index (χ4v) is 3.59. The summed E-state index contributed by atoms with van der Waals surface area (Å²) in [5.74, 6) is 0.415. The highest BCUT2D eigenvalue weighted by molar-refractivity contribution is 6.30. The SMILES string of the molecule is CCCc1c(Cl)[nH]c(=O)n(C2CCCCC2CC)c1=O. The van der Waals surface area contributed by atoms with Gasteiger partial charge in [0.15, 0.2) is 0 Å². The molecule has 0 radical (unpaired) electrons. The fourth-order valence-electron chi connectivity index (χ4n) is 3.33. The molecule has 5 heteroatoms. The second-order valence-corrected chi connectivity index (χ2v) is 6.05. The van der Waals surface area contributed by atoms with Crippen LogP contribution >= 0.6 is 11.6 Å². The van der Waals surface area contributed by atoms with E-state index in [9.17, 15) is 9.59 Å². The van der Waals surface area contributed by atoms with Crippen LogP contribution in [-0.4, -0.2) is 9.55 Å². The molecule has 0 amide bonds. The number of aromatic amines is 1. The van der Waals surface area contributed by atoms with Gasteiger partial charge < -0.3 is 0 Å². The maximum absolute atomic E-state index is 12.6. The maximum Gasteiger partial charge on any atom is 0.329 e. The molecule has 112 valence electrons. The van der Waals surface area contributed by atoms with Crippen LogP contribution in [0, 0.1) is 5.92 Å². The standard InChI is InChI=1S/C15H23ClN2O2/c1-3-7-11-13(16)17-15(20)18(14(11)19)12-9-6-5-8-10(12)4-2/h10,12H,3-9H2,1-2H3,(H,17,20). The molecular weight excluding hydrogens is 276 g/mol. The lowest BCUT2D eigenvalue weighted by atomic mass is 9.82. The first-order chi connectivity index (χ1) is 9.60. The minimum absolute atomic E-state index is 0.0258. The second kappa shape index (κ2) is 6.61. The van der Waals surface area contributed by atoms with Gasteiger partial charge in [-0.25, -0.2) is 4.79 Å². The molecule has 1 aromatic rings. The Labute approximate surface area is 124 Å². The Morgan fingerprint density at radius 2 is 1.95 bits per heavy atom. The molecule has 20 heavy (non-hydrogen) atoms. The molecule has 0 aromatic carbocycles. The molecule has 2 unspecified atom stereocenters. The van der Waals surface area contributed by atoms with Crippen LogP contribution in [0.4, 0.5) is 0 Å². The predicted molar refractivity (Wildman–Crippen MR) is 81.6 cm³/mol. The fraction of sp³-hybridized carbons (Fsp3) is 0.733. The van der Waals surface area contributed by atoms with Crippen LogP contribution in [0.5, 0.6) is 0 Å². The van der Waals surface area contributed by atoms with E-state index in [4.69, 9.17) is 11.6 Å². The highest BCUT2D eigenvalue weighted by atomic mass is 35.5. The van der Waals surface area contributed by atoms with Gasteiger partial charge in [-0.1, -0.05) is 51.1 Å². The molecule has 0 saturated heterocycles. The first-order valence-corrected chi connectivity index (χ1v) is 8.01. The Kier molecular flexibility index (Phi) is 5.08. The predicted octanol–water partition coefficient (Wildman–Crippen LogP) is 3.28. The summed E-state index contributed by atoms with van der Waals surface area (Å²) in [6.07, 6.45) is 6.73. The summed E-state index contributed by atoms with van der Waals surface area (Å²) in [5.41, 5.74) is 0.00495. The van der Waals surface area contributed by atoms with Crippen molar-refractivity contribution in [3.8, 4) is 0 Å². The average Bonchev–Trinajstić information content (AvgIpc) is 2.44.